The SMILES string of the molecule is C=CC(=O)N(CC)C(C)C(=O)OCCCC. The summed E-state index contributed by atoms with van der Waals surface area (Å²) in [6.07, 6.45) is 3.03. The van der Waals surface area contributed by atoms with Crippen molar-refractivity contribution in [3.63, 3.8) is 0 Å². The van der Waals surface area contributed by atoms with Gasteiger partial charge in [0.05, 0.1) is 6.61 Å². The average Bonchev–Trinajstić information content (AvgIpc) is 2.29. The molecule has 0 aromatic carbocycles. The third-order valence-electron chi connectivity index (χ3n) is 2.35. The fraction of sp³-hybridized carbons (Fsp3) is 0.667. The Kier molecular flexibility index (Phi) is 7.25. The van der Waals surface area contributed by atoms with E-state index in [9.17, 15) is 9.59 Å². The number of amides is 1. The molecule has 0 N–H and O–H groups in total. The molecular weight excluding hydrogens is 206 g/mol. The molecule has 0 heterocycles. The zero-order valence-electron chi connectivity index (χ0n) is 10.4. The molecule has 0 aliphatic heterocycles. The van der Waals surface area contributed by atoms with Crippen molar-refractivity contribution in [1.29, 1.82) is 0 Å². The first-order chi connectivity index (χ1) is 7.58. The quantitative estimate of drug-likeness (QED) is 0.378. The number of hydrogen-bond donors (Lipinski definition) is 0. The maximum atomic E-state index is 11.6. The minimum Gasteiger partial charge on any atom is -0.464 e. The maximum Gasteiger partial charge on any atom is 0.328 e. The van der Waals surface area contributed by atoms with Gasteiger partial charge in [-0.25, -0.2) is 4.79 Å². The summed E-state index contributed by atoms with van der Waals surface area (Å²) in [5.41, 5.74) is 0. The van der Waals surface area contributed by atoms with Crippen LogP contribution in [-0.4, -0.2) is 36.0 Å². The second kappa shape index (κ2) is 7.91. The summed E-state index contributed by atoms with van der Waals surface area (Å²) in [6.45, 7) is 9.79. The van der Waals surface area contributed by atoms with E-state index in [1.54, 1.807) is 6.92 Å². The van der Waals surface area contributed by atoms with Crippen LogP contribution in [0.4, 0.5) is 0 Å². The van der Waals surface area contributed by atoms with Gasteiger partial charge in [-0.1, -0.05) is 19.9 Å². The number of ether oxygens (including phenoxy) is 1. The number of rotatable bonds is 7. The van der Waals surface area contributed by atoms with Crippen molar-refractivity contribution >= 4 is 11.9 Å². The first kappa shape index (κ1) is 14.7. The highest BCUT2D eigenvalue weighted by Gasteiger charge is 2.23. The summed E-state index contributed by atoms with van der Waals surface area (Å²) >= 11 is 0. The number of carbonyl (C=O) groups excluding carboxylic acids is 2. The van der Waals surface area contributed by atoms with Crippen LogP contribution >= 0.6 is 0 Å². The van der Waals surface area contributed by atoms with E-state index in [4.69, 9.17) is 4.74 Å². The van der Waals surface area contributed by atoms with Crippen LogP contribution in [0.5, 0.6) is 0 Å². The molecule has 0 aromatic rings. The highest BCUT2D eigenvalue weighted by Crippen LogP contribution is 2.03. The molecule has 0 aromatic heterocycles. The highest BCUT2D eigenvalue weighted by atomic mass is 16.5. The van der Waals surface area contributed by atoms with Crippen molar-refractivity contribution in [3.05, 3.63) is 12.7 Å². The number of likely N-dealkylation sites (N-methyl/N-ethyl adjacent to an activating group) is 1. The van der Waals surface area contributed by atoms with E-state index in [-0.39, 0.29) is 11.9 Å². The van der Waals surface area contributed by atoms with Gasteiger partial charge in [0.15, 0.2) is 0 Å². The van der Waals surface area contributed by atoms with Gasteiger partial charge in [0.25, 0.3) is 0 Å². The molecule has 0 fully saturated rings. The molecule has 0 saturated heterocycles. The molecule has 0 rings (SSSR count). The monoisotopic (exact) mass is 227 g/mol. The fourth-order valence-corrected chi connectivity index (χ4v) is 1.30. The molecule has 0 saturated carbocycles. The van der Waals surface area contributed by atoms with E-state index >= 15 is 0 Å². The van der Waals surface area contributed by atoms with Gasteiger partial charge in [0.1, 0.15) is 6.04 Å². The molecule has 0 spiro atoms. The Balaban J connectivity index is 4.27. The van der Waals surface area contributed by atoms with Crippen molar-refractivity contribution in [2.24, 2.45) is 0 Å². The Morgan fingerprint density at radius 3 is 2.50 bits per heavy atom. The lowest BCUT2D eigenvalue weighted by molar-refractivity contribution is -0.153. The minimum atomic E-state index is -0.549. The predicted octanol–water partition coefficient (Wildman–Crippen LogP) is 1.75. The average molecular weight is 227 g/mol. The summed E-state index contributed by atoms with van der Waals surface area (Å²) in [7, 11) is 0. The molecule has 4 nitrogen and oxygen atoms in total. The Bertz CT molecular complexity index is 251. The second-order valence-corrected chi connectivity index (χ2v) is 3.53. The predicted molar refractivity (Wildman–Crippen MR) is 62.9 cm³/mol. The lowest BCUT2D eigenvalue weighted by Gasteiger charge is -2.25. The lowest BCUT2D eigenvalue weighted by atomic mass is 10.2. The lowest BCUT2D eigenvalue weighted by Crippen LogP contribution is -2.43. The van der Waals surface area contributed by atoms with E-state index in [1.807, 2.05) is 13.8 Å². The minimum absolute atomic E-state index is 0.248. The van der Waals surface area contributed by atoms with Gasteiger partial charge < -0.3 is 9.64 Å². The molecule has 92 valence electrons. The molecule has 0 aliphatic rings. The highest BCUT2D eigenvalue weighted by molar-refractivity contribution is 5.90. The van der Waals surface area contributed by atoms with Crippen LogP contribution in [0, 0.1) is 0 Å². The first-order valence-electron chi connectivity index (χ1n) is 5.68. The van der Waals surface area contributed by atoms with Gasteiger partial charge in [-0.15, -0.1) is 0 Å². The Morgan fingerprint density at radius 2 is 2.06 bits per heavy atom. The second-order valence-electron chi connectivity index (χ2n) is 3.53. The number of esters is 1. The number of nitrogens with zero attached hydrogens (tertiary/aromatic N) is 1. The normalized spacial score (nSPS) is 11.7. The number of unbranched alkanes of at least 4 members (excludes halogenated alkanes) is 1. The van der Waals surface area contributed by atoms with Gasteiger partial charge in [-0.3, -0.25) is 4.79 Å². The fourth-order valence-electron chi connectivity index (χ4n) is 1.30. The van der Waals surface area contributed by atoms with Crippen LogP contribution in [-0.2, 0) is 14.3 Å². The first-order valence-corrected chi connectivity index (χ1v) is 5.68. The van der Waals surface area contributed by atoms with Crippen LogP contribution < -0.4 is 0 Å². The van der Waals surface area contributed by atoms with E-state index in [2.05, 4.69) is 6.58 Å². The van der Waals surface area contributed by atoms with Crippen LogP contribution in [0.1, 0.15) is 33.6 Å². The summed E-state index contributed by atoms with van der Waals surface area (Å²) in [4.78, 5) is 24.4. The third-order valence-corrected chi connectivity index (χ3v) is 2.35. The molecule has 1 amide bonds. The van der Waals surface area contributed by atoms with Crippen LogP contribution in [0.25, 0.3) is 0 Å². The molecule has 0 radical (unpaired) electrons. The van der Waals surface area contributed by atoms with Crippen molar-refractivity contribution in [3.8, 4) is 0 Å². The maximum absolute atomic E-state index is 11.6. The molecule has 0 bridgehead atoms. The largest absolute Gasteiger partial charge is 0.464 e. The molecular formula is C12H21NO3. The van der Waals surface area contributed by atoms with Crippen molar-refractivity contribution in [2.45, 2.75) is 39.7 Å². The van der Waals surface area contributed by atoms with E-state index < -0.39 is 6.04 Å². The topological polar surface area (TPSA) is 46.6 Å². The summed E-state index contributed by atoms with van der Waals surface area (Å²) in [5, 5.41) is 0. The summed E-state index contributed by atoms with van der Waals surface area (Å²) in [6, 6.07) is -0.549. The standard InChI is InChI=1S/C12H21NO3/c1-5-8-9-16-12(15)10(4)13(7-3)11(14)6-2/h6,10H,2,5,7-9H2,1,3-4H3. The molecule has 4 heteroatoms. The zero-order valence-corrected chi connectivity index (χ0v) is 10.4. The van der Waals surface area contributed by atoms with Crippen molar-refractivity contribution < 1.29 is 14.3 Å². The van der Waals surface area contributed by atoms with Gasteiger partial charge in [0, 0.05) is 6.54 Å². The van der Waals surface area contributed by atoms with Crippen LogP contribution in [0.2, 0.25) is 0 Å². The number of hydrogen-bond acceptors (Lipinski definition) is 3. The van der Waals surface area contributed by atoms with Crippen molar-refractivity contribution in [1.82, 2.24) is 4.90 Å². The third kappa shape index (κ3) is 4.47. The van der Waals surface area contributed by atoms with Gasteiger partial charge in [-0.05, 0) is 26.3 Å². The Hall–Kier alpha value is -1.32. The smallest absolute Gasteiger partial charge is 0.328 e. The molecule has 1 unspecified atom stereocenters. The van der Waals surface area contributed by atoms with Gasteiger partial charge in [0.2, 0.25) is 5.91 Å². The number of carbonyl (C=O) groups is 2. The van der Waals surface area contributed by atoms with Gasteiger partial charge in [-0.2, -0.15) is 0 Å². The van der Waals surface area contributed by atoms with E-state index in [0.717, 1.165) is 12.8 Å². The van der Waals surface area contributed by atoms with Crippen LogP contribution in [0.3, 0.4) is 0 Å². The summed E-state index contributed by atoms with van der Waals surface area (Å²) in [5.74, 6) is -0.604. The molecule has 16 heavy (non-hydrogen) atoms. The van der Waals surface area contributed by atoms with Gasteiger partial charge >= 0.3 is 5.97 Å². The van der Waals surface area contributed by atoms with Crippen LogP contribution in [0.15, 0.2) is 12.7 Å². The van der Waals surface area contributed by atoms with E-state index in [1.165, 1.54) is 11.0 Å². The Morgan fingerprint density at radius 1 is 1.44 bits per heavy atom. The summed E-state index contributed by atoms with van der Waals surface area (Å²) < 4.78 is 5.05. The van der Waals surface area contributed by atoms with E-state index in [0.29, 0.717) is 13.2 Å². The van der Waals surface area contributed by atoms with Crippen molar-refractivity contribution in [2.75, 3.05) is 13.2 Å². The zero-order chi connectivity index (χ0) is 12.6. The Labute approximate surface area is 97.3 Å². The molecule has 1 atom stereocenters. The molecule has 0 aliphatic carbocycles.